The van der Waals surface area contributed by atoms with Gasteiger partial charge >= 0.3 is 0 Å². The molecular formula is C3H4O2. The molecule has 0 aliphatic carbocycles. The molecule has 0 aromatic heterocycles. The highest BCUT2D eigenvalue weighted by molar-refractivity contribution is 5.42. The Morgan fingerprint density at radius 3 is 1.80 bits per heavy atom. The summed E-state index contributed by atoms with van der Waals surface area (Å²) in [6.45, 7) is 2.93. The van der Waals surface area contributed by atoms with E-state index >= 15 is 0 Å². The molecule has 2 N–H and O–H groups in total. The van der Waals surface area contributed by atoms with Crippen LogP contribution < -0.4 is 0 Å². The van der Waals surface area contributed by atoms with E-state index in [9.17, 15) is 0 Å². The lowest BCUT2D eigenvalue weighted by Gasteiger charge is -1.14. The van der Waals surface area contributed by atoms with Crippen molar-refractivity contribution in [3.8, 4) is 0 Å². The van der Waals surface area contributed by atoms with Gasteiger partial charge in [0.05, 0.1) is 0 Å². The lowest BCUT2D eigenvalue weighted by Crippen LogP contribution is -1.22. The van der Waals surface area contributed by atoms with Gasteiger partial charge in [-0.15, -0.1) is 0 Å². The molecule has 0 rings (SSSR count). The zero-order valence-electron chi connectivity index (χ0n) is 2.62. The molecule has 0 fully saturated rings. The van der Waals surface area contributed by atoms with E-state index in [2.05, 4.69) is 6.58 Å². The quantitative estimate of drug-likeness (QED) is 0.276. The monoisotopic (exact) mass is 72.0 g/mol. The van der Waals surface area contributed by atoms with Crippen molar-refractivity contribution in [2.75, 3.05) is 0 Å². The third kappa shape index (κ3) is 125. The van der Waals surface area contributed by atoms with E-state index in [-0.39, 0.29) is 5.48 Å². The summed E-state index contributed by atoms with van der Waals surface area (Å²) in [4.78, 5) is 8.88. The maximum absolute atomic E-state index is 8.88. The van der Waals surface area contributed by atoms with Crippen LogP contribution in [-0.4, -0.2) is 11.4 Å². The minimum absolute atomic E-state index is 0. The first-order valence-electron chi connectivity index (χ1n) is 0.808. The Morgan fingerprint density at radius 2 is 1.80 bits per heavy atom. The minimum atomic E-state index is 0. The first-order valence-corrected chi connectivity index (χ1v) is 0.808. The van der Waals surface area contributed by atoms with Crippen molar-refractivity contribution in [3.05, 3.63) is 12.3 Å². The van der Waals surface area contributed by atoms with Gasteiger partial charge in [-0.1, -0.05) is 0 Å². The molecule has 28 valence electrons. The molecule has 0 aliphatic rings. The summed E-state index contributed by atoms with van der Waals surface area (Å²) in [5.41, 5.74) is 1.88. The molecule has 5 heavy (non-hydrogen) atoms. The van der Waals surface area contributed by atoms with E-state index in [1.54, 1.807) is 0 Å². The number of hydrogen-bond donors (Lipinski definition) is 0. The fourth-order valence-corrected chi connectivity index (χ4v) is 0. The van der Waals surface area contributed by atoms with Gasteiger partial charge in [-0.3, -0.25) is 0 Å². The zero-order chi connectivity index (χ0) is 3.41. The Morgan fingerprint density at radius 1 is 1.60 bits per heavy atom. The summed E-state index contributed by atoms with van der Waals surface area (Å²) in [6.07, 6.45) is 0. The summed E-state index contributed by atoms with van der Waals surface area (Å²) in [6, 6.07) is 0. The fraction of sp³-hybridized carbons (Fsp3) is 0. The van der Waals surface area contributed by atoms with Crippen LogP contribution in [0.1, 0.15) is 0 Å². The molecule has 0 heterocycles. The van der Waals surface area contributed by atoms with Crippen LogP contribution >= 0.6 is 0 Å². The fourth-order valence-electron chi connectivity index (χ4n) is 0. The van der Waals surface area contributed by atoms with Gasteiger partial charge < -0.3 is 5.48 Å². The largest absolute Gasteiger partial charge is 0.412 e. The third-order valence-corrected chi connectivity index (χ3v) is 0.0722. The topological polar surface area (TPSA) is 48.6 Å². The van der Waals surface area contributed by atoms with Gasteiger partial charge in [0.2, 0.25) is 0 Å². The number of rotatable bonds is 0. The molecular weight excluding hydrogens is 68.0 g/mol. The molecule has 0 aliphatic heterocycles. The smallest absolute Gasteiger partial charge is 0.176 e. The molecule has 0 aromatic carbocycles. The highest BCUT2D eigenvalue weighted by Gasteiger charge is 1.17. The van der Waals surface area contributed by atoms with Crippen LogP contribution in [-0.2, 0) is 4.79 Å². The highest BCUT2D eigenvalue weighted by atomic mass is 16.1. The molecule has 0 aromatic rings. The third-order valence-electron chi connectivity index (χ3n) is 0.0722. The van der Waals surface area contributed by atoms with Gasteiger partial charge in [0, 0.05) is 0 Å². The standard InChI is InChI=1S/C3H2O.H2O/c1-2-3-4;/h1H2;1H2. The van der Waals surface area contributed by atoms with Crippen LogP contribution in [0.5, 0.6) is 0 Å². The van der Waals surface area contributed by atoms with Crippen molar-refractivity contribution >= 4 is 5.94 Å². The van der Waals surface area contributed by atoms with Gasteiger partial charge in [0.1, 0.15) is 0 Å². The molecule has 0 unspecified atom stereocenters. The minimum Gasteiger partial charge on any atom is -0.412 e. The SMILES string of the molecule is C=C=C=O.O. The zero-order valence-corrected chi connectivity index (χ0v) is 2.62. The van der Waals surface area contributed by atoms with Gasteiger partial charge in [-0.05, 0) is 12.3 Å². The van der Waals surface area contributed by atoms with E-state index in [4.69, 9.17) is 4.79 Å². The highest BCUT2D eigenvalue weighted by Crippen LogP contribution is 1.15. The first kappa shape index (κ1) is 8.89. The molecule has 0 saturated carbocycles. The van der Waals surface area contributed by atoms with Crippen molar-refractivity contribution in [1.29, 1.82) is 0 Å². The van der Waals surface area contributed by atoms with E-state index in [1.807, 2.05) is 5.73 Å². The molecule has 2 heteroatoms. The summed E-state index contributed by atoms with van der Waals surface area (Å²) in [5.74, 6) is 1.32. The summed E-state index contributed by atoms with van der Waals surface area (Å²) >= 11 is 0. The summed E-state index contributed by atoms with van der Waals surface area (Å²) in [5, 5.41) is 0. The van der Waals surface area contributed by atoms with Crippen LogP contribution in [0.4, 0.5) is 0 Å². The second-order valence-electron chi connectivity index (χ2n) is 0.279. The predicted octanol–water partition coefficient (Wildman–Crippen LogP) is -0.666. The first-order chi connectivity index (χ1) is 1.91. The van der Waals surface area contributed by atoms with Crippen molar-refractivity contribution in [3.63, 3.8) is 0 Å². The van der Waals surface area contributed by atoms with E-state index < -0.39 is 0 Å². The Hall–Kier alpha value is -0.810. The van der Waals surface area contributed by atoms with Gasteiger partial charge in [0.15, 0.2) is 5.94 Å². The van der Waals surface area contributed by atoms with Crippen molar-refractivity contribution in [2.24, 2.45) is 0 Å². The Balaban J connectivity index is 0. The Bertz CT molecular complexity index is 55.0. The lowest BCUT2D eigenvalue weighted by molar-refractivity contribution is 0.569. The van der Waals surface area contributed by atoms with Crippen molar-refractivity contribution in [2.45, 2.75) is 0 Å². The molecule has 0 amide bonds. The second kappa shape index (κ2) is 10.8. The maximum atomic E-state index is 8.88. The molecule has 0 bridgehead atoms. The molecule has 0 radical (unpaired) electrons. The number of carbonyl (C=O) groups excluding carboxylic acids is 1. The van der Waals surface area contributed by atoms with Crippen LogP contribution in [0.2, 0.25) is 0 Å². The summed E-state index contributed by atoms with van der Waals surface area (Å²) < 4.78 is 0. The van der Waals surface area contributed by atoms with Crippen LogP contribution in [0, 0.1) is 0 Å². The molecule has 0 saturated heterocycles. The van der Waals surface area contributed by atoms with Crippen LogP contribution in [0.15, 0.2) is 12.3 Å². The molecule has 2 nitrogen and oxygen atoms in total. The second-order valence-corrected chi connectivity index (χ2v) is 0.279. The molecule has 0 spiro atoms. The number of hydrogen-bond acceptors (Lipinski definition) is 1. The Kier molecular flexibility index (Phi) is 19.2. The lowest BCUT2D eigenvalue weighted by atomic mass is 11.0. The normalized spacial score (nSPS) is 2.40. The average Bonchev–Trinajstić information content (AvgIpc) is 1.37. The van der Waals surface area contributed by atoms with Crippen LogP contribution in [0.25, 0.3) is 0 Å². The van der Waals surface area contributed by atoms with Gasteiger partial charge in [0.25, 0.3) is 0 Å². The Labute approximate surface area is 29.7 Å². The summed E-state index contributed by atoms with van der Waals surface area (Å²) in [7, 11) is 0. The van der Waals surface area contributed by atoms with Crippen LogP contribution in [0.3, 0.4) is 0 Å². The van der Waals surface area contributed by atoms with Gasteiger partial charge in [-0.2, -0.15) is 0 Å². The maximum Gasteiger partial charge on any atom is 0.176 e. The van der Waals surface area contributed by atoms with Crippen molar-refractivity contribution < 1.29 is 10.3 Å². The van der Waals surface area contributed by atoms with Gasteiger partial charge in [-0.25, -0.2) is 4.79 Å². The van der Waals surface area contributed by atoms with E-state index in [0.29, 0.717) is 0 Å². The van der Waals surface area contributed by atoms with E-state index in [0.717, 1.165) is 0 Å². The molecule has 0 atom stereocenters. The van der Waals surface area contributed by atoms with E-state index in [1.165, 1.54) is 5.94 Å². The predicted molar refractivity (Wildman–Crippen MR) is 18.4 cm³/mol. The average molecular weight is 72.1 g/mol. The van der Waals surface area contributed by atoms with Crippen molar-refractivity contribution in [1.82, 2.24) is 0 Å².